The van der Waals surface area contributed by atoms with Crippen molar-refractivity contribution < 1.29 is 9.32 Å². The number of carbonyl (C=O) groups excluding carboxylic acids is 1. The highest BCUT2D eigenvalue weighted by Crippen LogP contribution is 2.24. The lowest BCUT2D eigenvalue weighted by atomic mass is 10.1. The average Bonchev–Trinajstić information content (AvgIpc) is 3.11. The van der Waals surface area contributed by atoms with Crippen molar-refractivity contribution in [1.82, 2.24) is 15.5 Å². The Kier molecular flexibility index (Phi) is 6.65. The number of nitrogens with one attached hydrogen (secondary N) is 1. The zero-order chi connectivity index (χ0) is 19.1. The van der Waals surface area contributed by atoms with Gasteiger partial charge in [0.05, 0.1) is 11.3 Å². The van der Waals surface area contributed by atoms with Crippen molar-refractivity contribution in [2.45, 2.75) is 43.5 Å². The van der Waals surface area contributed by atoms with Crippen molar-refractivity contribution in [2.75, 3.05) is 0 Å². The van der Waals surface area contributed by atoms with E-state index in [9.17, 15) is 4.79 Å². The lowest BCUT2D eigenvalue weighted by molar-refractivity contribution is 0.0934. The van der Waals surface area contributed by atoms with Crippen LogP contribution in [0.2, 0.25) is 0 Å². The predicted octanol–water partition coefficient (Wildman–Crippen LogP) is 4.42. The number of benzene rings is 1. The molecule has 2 aromatic heterocycles. The van der Waals surface area contributed by atoms with Gasteiger partial charge in [0.25, 0.3) is 5.91 Å². The summed E-state index contributed by atoms with van der Waals surface area (Å²) in [5.41, 5.74) is 2.71. The molecule has 0 spiro atoms. The summed E-state index contributed by atoms with van der Waals surface area (Å²) in [6.07, 6.45) is 3.52. The van der Waals surface area contributed by atoms with Gasteiger partial charge in [-0.15, -0.1) is 0 Å². The highest BCUT2D eigenvalue weighted by molar-refractivity contribution is 7.98. The lowest BCUT2D eigenvalue weighted by Crippen LogP contribution is -2.33. The van der Waals surface area contributed by atoms with Crippen LogP contribution in [0, 0.1) is 6.92 Å². The molecule has 1 N–H and O–H groups in total. The van der Waals surface area contributed by atoms with Gasteiger partial charge in [-0.2, -0.15) is 0 Å². The van der Waals surface area contributed by atoms with E-state index in [4.69, 9.17) is 4.52 Å². The van der Waals surface area contributed by atoms with Crippen molar-refractivity contribution in [3.05, 3.63) is 77.3 Å². The fourth-order valence-corrected chi connectivity index (χ4v) is 3.58. The van der Waals surface area contributed by atoms with E-state index in [1.54, 1.807) is 12.3 Å². The van der Waals surface area contributed by atoms with Crippen LogP contribution in [-0.2, 0) is 12.2 Å². The third-order valence-corrected chi connectivity index (χ3v) is 5.17. The van der Waals surface area contributed by atoms with Crippen LogP contribution < -0.4 is 5.32 Å². The lowest BCUT2D eigenvalue weighted by Gasteiger charge is -2.15. The molecule has 2 heterocycles. The minimum absolute atomic E-state index is 0.0777. The van der Waals surface area contributed by atoms with Gasteiger partial charge >= 0.3 is 0 Å². The maximum atomic E-state index is 12.7. The van der Waals surface area contributed by atoms with Crippen molar-refractivity contribution in [1.29, 1.82) is 0 Å². The molecule has 3 aromatic rings. The molecule has 0 aliphatic rings. The van der Waals surface area contributed by atoms with E-state index in [-0.39, 0.29) is 11.9 Å². The Labute approximate surface area is 163 Å². The molecule has 0 saturated carbocycles. The first-order valence-corrected chi connectivity index (χ1v) is 9.95. The Bertz CT molecular complexity index is 880. The second-order valence-corrected chi connectivity index (χ2v) is 7.44. The number of amides is 1. The summed E-state index contributed by atoms with van der Waals surface area (Å²) in [4.78, 5) is 17.1. The van der Waals surface area contributed by atoms with Crippen LogP contribution in [-0.4, -0.2) is 22.1 Å². The first-order chi connectivity index (χ1) is 13.1. The molecule has 0 bridgehead atoms. The first kappa shape index (κ1) is 19.2. The van der Waals surface area contributed by atoms with E-state index in [0.29, 0.717) is 16.3 Å². The summed E-state index contributed by atoms with van der Waals surface area (Å²) in [6.45, 7) is 3.89. The number of pyridine rings is 1. The molecule has 140 valence electrons. The molecule has 6 heteroatoms. The average molecular weight is 382 g/mol. The molecular formula is C21H23N3O2S. The first-order valence-electron chi connectivity index (χ1n) is 8.96. The van der Waals surface area contributed by atoms with Crippen molar-refractivity contribution in [2.24, 2.45) is 0 Å². The second-order valence-electron chi connectivity index (χ2n) is 6.47. The Hall–Kier alpha value is -2.60. The molecule has 1 aromatic carbocycles. The molecule has 5 nitrogen and oxygen atoms in total. The molecule has 1 atom stereocenters. The maximum Gasteiger partial charge on any atom is 0.254 e. The fraction of sp³-hybridized carbons (Fsp3) is 0.286. The number of aryl methyl sites for hydroxylation is 2. The smallest absolute Gasteiger partial charge is 0.254 e. The summed E-state index contributed by atoms with van der Waals surface area (Å²) >= 11 is 1.48. The molecule has 3 rings (SSSR count). The van der Waals surface area contributed by atoms with Crippen molar-refractivity contribution in [3.8, 4) is 0 Å². The molecule has 27 heavy (non-hydrogen) atoms. The molecular weight excluding hydrogens is 358 g/mol. The highest BCUT2D eigenvalue weighted by atomic mass is 32.2. The summed E-state index contributed by atoms with van der Waals surface area (Å²) in [6, 6.07) is 15.9. The van der Waals surface area contributed by atoms with E-state index in [1.807, 2.05) is 44.2 Å². The van der Waals surface area contributed by atoms with Crippen LogP contribution in [0.5, 0.6) is 0 Å². The minimum Gasteiger partial charge on any atom is -0.361 e. The summed E-state index contributed by atoms with van der Waals surface area (Å²) in [5, 5.41) is 7.77. The van der Waals surface area contributed by atoms with Gasteiger partial charge in [0.15, 0.2) is 0 Å². The van der Waals surface area contributed by atoms with Crippen molar-refractivity contribution >= 4 is 17.7 Å². The molecule has 1 amide bonds. The Balaban J connectivity index is 1.57. The maximum absolute atomic E-state index is 12.7. The summed E-state index contributed by atoms with van der Waals surface area (Å²) in [7, 11) is 0. The third-order valence-electron chi connectivity index (χ3n) is 4.14. The molecule has 0 aliphatic carbocycles. The zero-order valence-corrected chi connectivity index (χ0v) is 16.3. The van der Waals surface area contributed by atoms with Crippen molar-refractivity contribution in [3.63, 3.8) is 0 Å². The summed E-state index contributed by atoms with van der Waals surface area (Å²) < 4.78 is 5.08. The Morgan fingerprint density at radius 2 is 2.04 bits per heavy atom. The zero-order valence-electron chi connectivity index (χ0n) is 15.5. The molecule has 0 saturated heterocycles. The Morgan fingerprint density at radius 1 is 1.22 bits per heavy atom. The molecule has 0 aliphatic heterocycles. The van der Waals surface area contributed by atoms with Gasteiger partial charge < -0.3 is 9.84 Å². The van der Waals surface area contributed by atoms with Crippen LogP contribution in [0.4, 0.5) is 0 Å². The second kappa shape index (κ2) is 9.37. The number of hydrogen-bond acceptors (Lipinski definition) is 5. The van der Waals surface area contributed by atoms with Gasteiger partial charge in [-0.3, -0.25) is 4.79 Å². The van der Waals surface area contributed by atoms with Crippen LogP contribution in [0.25, 0.3) is 0 Å². The fourth-order valence-electron chi connectivity index (χ4n) is 2.71. The van der Waals surface area contributed by atoms with Gasteiger partial charge in [0.1, 0.15) is 10.8 Å². The van der Waals surface area contributed by atoms with Gasteiger partial charge in [-0.05, 0) is 44.4 Å². The molecule has 0 fully saturated rings. The SMILES string of the molecule is Cc1cc(CSc2ncccc2C(=O)NC(C)CCc2ccccc2)no1. The van der Waals surface area contributed by atoms with E-state index < -0.39 is 0 Å². The third kappa shape index (κ3) is 5.69. The van der Waals surface area contributed by atoms with Crippen LogP contribution in [0.1, 0.15) is 40.7 Å². The van der Waals surface area contributed by atoms with Gasteiger partial charge in [-0.1, -0.05) is 47.3 Å². The minimum atomic E-state index is -0.0949. The van der Waals surface area contributed by atoms with E-state index in [2.05, 4.69) is 27.6 Å². The molecule has 0 radical (unpaired) electrons. The quantitative estimate of drug-likeness (QED) is 0.585. The summed E-state index contributed by atoms with van der Waals surface area (Å²) in [5.74, 6) is 1.29. The van der Waals surface area contributed by atoms with E-state index in [0.717, 1.165) is 24.3 Å². The number of rotatable bonds is 8. The van der Waals surface area contributed by atoms with Gasteiger partial charge in [0.2, 0.25) is 0 Å². The van der Waals surface area contributed by atoms with E-state index >= 15 is 0 Å². The van der Waals surface area contributed by atoms with E-state index in [1.165, 1.54) is 17.3 Å². The van der Waals surface area contributed by atoms with Crippen LogP contribution >= 0.6 is 11.8 Å². The number of aromatic nitrogens is 2. The number of carbonyl (C=O) groups is 1. The van der Waals surface area contributed by atoms with Crippen LogP contribution in [0.3, 0.4) is 0 Å². The Morgan fingerprint density at radius 3 is 2.78 bits per heavy atom. The van der Waals surface area contributed by atoms with Gasteiger partial charge in [0, 0.05) is 24.1 Å². The number of nitrogens with zero attached hydrogens (tertiary/aromatic N) is 2. The normalized spacial score (nSPS) is 11.9. The van der Waals surface area contributed by atoms with Gasteiger partial charge in [-0.25, -0.2) is 4.98 Å². The number of thioether (sulfide) groups is 1. The standard InChI is InChI=1S/C21H23N3O2S/c1-15(10-11-17-7-4-3-5-8-17)23-20(25)19-9-6-12-22-21(19)27-14-18-13-16(2)26-24-18/h3-9,12-13,15H,10-11,14H2,1-2H3,(H,23,25). The monoisotopic (exact) mass is 381 g/mol. The highest BCUT2D eigenvalue weighted by Gasteiger charge is 2.15. The number of hydrogen-bond donors (Lipinski definition) is 1. The predicted molar refractivity (Wildman–Crippen MR) is 107 cm³/mol. The topological polar surface area (TPSA) is 68.0 Å². The van der Waals surface area contributed by atoms with Crippen LogP contribution in [0.15, 0.2) is 64.3 Å². The largest absolute Gasteiger partial charge is 0.361 e. The molecule has 1 unspecified atom stereocenters.